The van der Waals surface area contributed by atoms with E-state index in [9.17, 15) is 14.0 Å². The molecule has 9 heteroatoms. The van der Waals surface area contributed by atoms with E-state index in [1.807, 2.05) is 0 Å². The molecule has 2 aromatic rings. The maximum Gasteiger partial charge on any atom is 0.261 e. The Morgan fingerprint density at radius 1 is 1.15 bits per heavy atom. The lowest BCUT2D eigenvalue weighted by Gasteiger charge is -2.05. The molecule has 0 fully saturated rings. The summed E-state index contributed by atoms with van der Waals surface area (Å²) in [5.41, 5.74) is 0.946. The molecule has 1 heterocycles. The maximum absolute atomic E-state index is 13.1. The Hall–Kier alpha value is -1.67. The highest BCUT2D eigenvalue weighted by molar-refractivity contribution is 7.18. The highest BCUT2D eigenvalue weighted by Gasteiger charge is 2.16. The van der Waals surface area contributed by atoms with E-state index in [-0.39, 0.29) is 28.9 Å². The quantitative estimate of drug-likeness (QED) is 0.544. The van der Waals surface area contributed by atoms with Crippen LogP contribution in [0, 0.1) is 12.7 Å². The van der Waals surface area contributed by atoms with Crippen LogP contribution in [0.25, 0.3) is 0 Å². The Labute approximate surface area is 173 Å². The van der Waals surface area contributed by atoms with E-state index in [0.29, 0.717) is 23.0 Å². The second kappa shape index (κ2) is 11.2. The van der Waals surface area contributed by atoms with Gasteiger partial charge in [0.2, 0.25) is 0 Å². The third-order valence-corrected chi connectivity index (χ3v) is 5.01. The first-order valence-electron chi connectivity index (χ1n) is 8.28. The van der Waals surface area contributed by atoms with E-state index < -0.39 is 11.7 Å². The van der Waals surface area contributed by atoms with Crippen molar-refractivity contribution in [2.45, 2.75) is 20.3 Å². The van der Waals surface area contributed by atoms with Crippen LogP contribution in [-0.2, 0) is 0 Å². The minimum absolute atomic E-state index is 0. The number of anilines is 1. The third-order valence-electron chi connectivity index (χ3n) is 3.55. The monoisotopic (exact) mass is 433 g/mol. The van der Waals surface area contributed by atoms with Crippen molar-refractivity contribution in [3.05, 3.63) is 51.1 Å². The molecule has 1 aromatic heterocycles. The van der Waals surface area contributed by atoms with Crippen molar-refractivity contribution in [1.82, 2.24) is 10.6 Å². The van der Waals surface area contributed by atoms with E-state index in [0.717, 1.165) is 24.6 Å². The minimum atomic E-state index is -0.508. The second-order valence-corrected chi connectivity index (χ2v) is 7.17. The number of amides is 2. The van der Waals surface area contributed by atoms with E-state index >= 15 is 0 Å². The molecule has 0 unspecified atom stereocenters. The lowest BCUT2D eigenvalue weighted by Crippen LogP contribution is -2.31. The first kappa shape index (κ1) is 23.4. The summed E-state index contributed by atoms with van der Waals surface area (Å²) >= 11 is 7.09. The zero-order valence-corrected chi connectivity index (χ0v) is 17.4. The number of rotatable bonds is 8. The molecular weight excluding hydrogens is 412 g/mol. The van der Waals surface area contributed by atoms with Gasteiger partial charge in [0.15, 0.2) is 0 Å². The molecule has 0 aliphatic rings. The van der Waals surface area contributed by atoms with Crippen LogP contribution < -0.4 is 16.0 Å². The lowest BCUT2D eigenvalue weighted by atomic mass is 10.2. The number of aryl methyl sites for hydroxylation is 1. The third kappa shape index (κ3) is 6.77. The fourth-order valence-corrected chi connectivity index (χ4v) is 3.51. The Bertz CT molecular complexity index is 799. The van der Waals surface area contributed by atoms with Crippen LogP contribution in [0.5, 0.6) is 0 Å². The molecule has 0 saturated heterocycles. The molecule has 0 spiro atoms. The van der Waals surface area contributed by atoms with Gasteiger partial charge in [-0.25, -0.2) is 4.39 Å². The first-order chi connectivity index (χ1) is 12.4. The van der Waals surface area contributed by atoms with Gasteiger partial charge in [-0.2, -0.15) is 0 Å². The first-order valence-corrected chi connectivity index (χ1v) is 9.47. The van der Waals surface area contributed by atoms with Gasteiger partial charge < -0.3 is 16.0 Å². The van der Waals surface area contributed by atoms with E-state index in [4.69, 9.17) is 11.6 Å². The highest BCUT2D eigenvalue weighted by atomic mass is 35.5. The number of thiophene rings is 1. The summed E-state index contributed by atoms with van der Waals surface area (Å²) in [6.07, 6.45) is 1.04. The average molecular weight is 434 g/mol. The summed E-state index contributed by atoms with van der Waals surface area (Å²) in [6, 6.07) is 5.31. The van der Waals surface area contributed by atoms with Crippen molar-refractivity contribution in [1.29, 1.82) is 0 Å². The van der Waals surface area contributed by atoms with E-state index in [1.54, 1.807) is 13.0 Å². The summed E-state index contributed by atoms with van der Waals surface area (Å²) in [7, 11) is 0. The van der Waals surface area contributed by atoms with Crippen LogP contribution in [-0.4, -0.2) is 31.4 Å². The van der Waals surface area contributed by atoms with Crippen molar-refractivity contribution in [2.24, 2.45) is 0 Å². The van der Waals surface area contributed by atoms with Crippen LogP contribution >= 0.6 is 35.3 Å². The summed E-state index contributed by atoms with van der Waals surface area (Å²) in [4.78, 5) is 25.1. The fourth-order valence-electron chi connectivity index (χ4n) is 2.27. The van der Waals surface area contributed by atoms with Crippen LogP contribution in [0.4, 0.5) is 9.39 Å². The zero-order valence-electron chi connectivity index (χ0n) is 15.0. The number of carbonyl (C=O) groups is 2. The van der Waals surface area contributed by atoms with Gasteiger partial charge in [-0.05, 0) is 49.7 Å². The van der Waals surface area contributed by atoms with Crippen molar-refractivity contribution >= 4 is 52.2 Å². The van der Waals surface area contributed by atoms with E-state index in [2.05, 4.69) is 22.9 Å². The smallest absolute Gasteiger partial charge is 0.261 e. The molecule has 2 amide bonds. The number of nitrogens with one attached hydrogen (secondary N) is 3. The van der Waals surface area contributed by atoms with Gasteiger partial charge in [0, 0.05) is 13.1 Å². The molecule has 0 aliphatic carbocycles. The van der Waals surface area contributed by atoms with Gasteiger partial charge in [-0.15, -0.1) is 23.7 Å². The molecule has 0 radical (unpaired) electrons. The topological polar surface area (TPSA) is 70.2 Å². The van der Waals surface area contributed by atoms with Gasteiger partial charge in [0.25, 0.3) is 11.8 Å². The molecule has 0 bridgehead atoms. The van der Waals surface area contributed by atoms with Crippen LogP contribution in [0.3, 0.4) is 0 Å². The van der Waals surface area contributed by atoms with Crippen LogP contribution in [0.15, 0.2) is 24.3 Å². The van der Waals surface area contributed by atoms with E-state index in [1.165, 1.54) is 23.5 Å². The van der Waals surface area contributed by atoms with Gasteiger partial charge >= 0.3 is 0 Å². The SMILES string of the molecule is CCCNCCNC(=O)c1sc(NC(=O)c2ccc(F)cc2Cl)cc1C.Cl. The molecular formula is C18H22Cl2FN3O2S. The Kier molecular flexibility index (Phi) is 9.73. The maximum atomic E-state index is 13.1. The normalized spacial score (nSPS) is 10.2. The standard InChI is InChI=1S/C18H21ClFN3O2S.ClH/c1-3-6-21-7-8-22-18(25)16-11(2)9-15(26-16)23-17(24)13-5-4-12(20)10-14(13)19;/h4-5,9-10,21H,3,6-8H2,1-2H3,(H,22,25)(H,23,24);1H. The van der Waals surface area contributed by atoms with Crippen molar-refractivity contribution < 1.29 is 14.0 Å². The molecule has 27 heavy (non-hydrogen) atoms. The summed E-state index contributed by atoms with van der Waals surface area (Å²) < 4.78 is 13.1. The molecule has 0 aliphatic heterocycles. The molecule has 148 valence electrons. The number of hydrogen-bond acceptors (Lipinski definition) is 4. The van der Waals surface area contributed by atoms with Crippen molar-refractivity contribution in [2.75, 3.05) is 25.0 Å². The van der Waals surface area contributed by atoms with Gasteiger partial charge in [0.05, 0.1) is 20.5 Å². The summed E-state index contributed by atoms with van der Waals surface area (Å²) in [5.74, 6) is -1.14. The largest absolute Gasteiger partial charge is 0.350 e. The lowest BCUT2D eigenvalue weighted by molar-refractivity contribution is 0.0956. The highest BCUT2D eigenvalue weighted by Crippen LogP contribution is 2.28. The van der Waals surface area contributed by atoms with Crippen LogP contribution in [0.1, 0.15) is 38.9 Å². The number of halogens is 3. The predicted molar refractivity (Wildman–Crippen MR) is 111 cm³/mol. The van der Waals surface area contributed by atoms with Crippen molar-refractivity contribution in [3.63, 3.8) is 0 Å². The molecule has 0 atom stereocenters. The number of benzene rings is 1. The summed E-state index contributed by atoms with van der Waals surface area (Å²) in [6.45, 7) is 6.03. The number of carbonyl (C=O) groups excluding carboxylic acids is 2. The second-order valence-electron chi connectivity index (χ2n) is 5.71. The molecule has 5 nitrogen and oxygen atoms in total. The Morgan fingerprint density at radius 2 is 1.89 bits per heavy atom. The minimum Gasteiger partial charge on any atom is -0.350 e. The Balaban J connectivity index is 0.00000364. The molecule has 2 rings (SSSR count). The molecule has 1 aromatic carbocycles. The molecule has 0 saturated carbocycles. The zero-order chi connectivity index (χ0) is 19.1. The number of hydrogen-bond donors (Lipinski definition) is 3. The van der Waals surface area contributed by atoms with Gasteiger partial charge in [0.1, 0.15) is 5.82 Å². The van der Waals surface area contributed by atoms with Crippen molar-refractivity contribution in [3.8, 4) is 0 Å². The van der Waals surface area contributed by atoms with Crippen LogP contribution in [0.2, 0.25) is 5.02 Å². The van der Waals surface area contributed by atoms with Gasteiger partial charge in [-0.1, -0.05) is 18.5 Å². The summed E-state index contributed by atoms with van der Waals surface area (Å²) in [5, 5.41) is 9.32. The average Bonchev–Trinajstić information content (AvgIpc) is 2.94. The Morgan fingerprint density at radius 3 is 2.56 bits per heavy atom. The fraction of sp³-hybridized carbons (Fsp3) is 0.333. The van der Waals surface area contributed by atoms with Gasteiger partial charge in [-0.3, -0.25) is 9.59 Å². The predicted octanol–water partition coefficient (Wildman–Crippen LogP) is 4.25. The molecule has 3 N–H and O–H groups in total.